The van der Waals surface area contributed by atoms with Gasteiger partial charge >= 0.3 is 0 Å². The number of carbonyl (C=O) groups is 1. The summed E-state index contributed by atoms with van der Waals surface area (Å²) in [5.74, 6) is 4.91. The third-order valence-corrected chi connectivity index (χ3v) is 2.78. The van der Waals surface area contributed by atoms with E-state index < -0.39 is 0 Å². The summed E-state index contributed by atoms with van der Waals surface area (Å²) in [6.07, 6.45) is 2.34. The standard InChI is InChI=1S/C13H21N3O/c1-11-6-8-12(9-7-11)16(2)10-4-3-5-13(17)15-14/h6-9H,3-5,10,14H2,1-2H3,(H,15,17). The third kappa shape index (κ3) is 4.87. The largest absolute Gasteiger partial charge is 0.375 e. The Hall–Kier alpha value is -1.55. The van der Waals surface area contributed by atoms with Crippen LogP contribution >= 0.6 is 0 Å². The molecule has 0 aromatic heterocycles. The number of anilines is 1. The second-order valence-electron chi connectivity index (χ2n) is 4.28. The molecular formula is C13H21N3O. The van der Waals surface area contributed by atoms with Crippen molar-refractivity contribution in [2.45, 2.75) is 26.2 Å². The molecule has 1 aromatic carbocycles. The fourth-order valence-corrected chi connectivity index (χ4v) is 1.64. The molecule has 0 unspecified atom stereocenters. The summed E-state index contributed by atoms with van der Waals surface area (Å²) in [6.45, 7) is 3.02. The molecule has 0 heterocycles. The second-order valence-corrected chi connectivity index (χ2v) is 4.28. The van der Waals surface area contributed by atoms with Gasteiger partial charge in [0.1, 0.15) is 0 Å². The first-order chi connectivity index (χ1) is 8.13. The van der Waals surface area contributed by atoms with Crippen LogP contribution in [0.1, 0.15) is 24.8 Å². The fourth-order valence-electron chi connectivity index (χ4n) is 1.64. The summed E-state index contributed by atoms with van der Waals surface area (Å²) in [5.41, 5.74) is 4.61. The highest BCUT2D eigenvalue weighted by Crippen LogP contribution is 2.14. The minimum absolute atomic E-state index is 0.0945. The van der Waals surface area contributed by atoms with Crippen LogP contribution in [0.25, 0.3) is 0 Å². The predicted molar refractivity (Wildman–Crippen MR) is 70.6 cm³/mol. The zero-order chi connectivity index (χ0) is 12.7. The maximum atomic E-state index is 10.9. The van der Waals surface area contributed by atoms with Crippen molar-refractivity contribution in [1.82, 2.24) is 5.43 Å². The minimum Gasteiger partial charge on any atom is -0.375 e. The van der Waals surface area contributed by atoms with E-state index in [1.165, 1.54) is 11.3 Å². The molecule has 0 atom stereocenters. The van der Waals surface area contributed by atoms with Crippen LogP contribution < -0.4 is 16.2 Å². The van der Waals surface area contributed by atoms with Gasteiger partial charge in [0.25, 0.3) is 0 Å². The SMILES string of the molecule is Cc1ccc(N(C)CCCCC(=O)NN)cc1. The van der Waals surface area contributed by atoms with Crippen molar-refractivity contribution in [1.29, 1.82) is 0 Å². The van der Waals surface area contributed by atoms with Crippen LogP contribution in [0.4, 0.5) is 5.69 Å². The van der Waals surface area contributed by atoms with E-state index in [1.54, 1.807) is 0 Å². The quantitative estimate of drug-likeness (QED) is 0.341. The highest BCUT2D eigenvalue weighted by Gasteiger charge is 2.02. The normalized spacial score (nSPS) is 10.1. The molecule has 0 aliphatic rings. The molecule has 3 N–H and O–H groups in total. The van der Waals surface area contributed by atoms with Gasteiger partial charge in [-0.05, 0) is 31.9 Å². The first-order valence-corrected chi connectivity index (χ1v) is 5.90. The zero-order valence-electron chi connectivity index (χ0n) is 10.6. The number of amides is 1. The van der Waals surface area contributed by atoms with Crippen LogP contribution in [0.15, 0.2) is 24.3 Å². The molecule has 17 heavy (non-hydrogen) atoms. The van der Waals surface area contributed by atoms with E-state index >= 15 is 0 Å². The van der Waals surface area contributed by atoms with Crippen molar-refractivity contribution in [2.24, 2.45) is 5.84 Å². The van der Waals surface area contributed by atoms with Crippen LogP contribution in [0.2, 0.25) is 0 Å². The van der Waals surface area contributed by atoms with E-state index in [0.717, 1.165) is 19.4 Å². The molecule has 0 spiro atoms. The number of benzene rings is 1. The third-order valence-electron chi connectivity index (χ3n) is 2.78. The molecule has 4 nitrogen and oxygen atoms in total. The van der Waals surface area contributed by atoms with Crippen molar-refractivity contribution >= 4 is 11.6 Å². The van der Waals surface area contributed by atoms with E-state index in [-0.39, 0.29) is 5.91 Å². The van der Waals surface area contributed by atoms with Gasteiger partial charge < -0.3 is 4.90 Å². The van der Waals surface area contributed by atoms with Crippen LogP contribution in [0, 0.1) is 6.92 Å². The smallest absolute Gasteiger partial charge is 0.233 e. The summed E-state index contributed by atoms with van der Waals surface area (Å²) in [7, 11) is 2.06. The lowest BCUT2D eigenvalue weighted by atomic mass is 10.2. The number of aryl methyl sites for hydroxylation is 1. The molecule has 0 saturated carbocycles. The molecule has 0 fully saturated rings. The van der Waals surface area contributed by atoms with Crippen molar-refractivity contribution in [3.63, 3.8) is 0 Å². The van der Waals surface area contributed by atoms with Crippen LogP contribution in [0.5, 0.6) is 0 Å². The average molecular weight is 235 g/mol. The first kappa shape index (κ1) is 13.5. The molecule has 94 valence electrons. The van der Waals surface area contributed by atoms with Crippen molar-refractivity contribution in [3.05, 3.63) is 29.8 Å². The van der Waals surface area contributed by atoms with Gasteiger partial charge in [0.2, 0.25) is 5.91 Å². The molecule has 0 bridgehead atoms. The average Bonchev–Trinajstić information content (AvgIpc) is 2.34. The fraction of sp³-hybridized carbons (Fsp3) is 0.462. The zero-order valence-corrected chi connectivity index (χ0v) is 10.6. The molecule has 1 amide bonds. The Morgan fingerprint density at radius 1 is 1.29 bits per heavy atom. The van der Waals surface area contributed by atoms with E-state index in [0.29, 0.717) is 6.42 Å². The lowest BCUT2D eigenvalue weighted by Crippen LogP contribution is -2.29. The Kier molecular flexibility index (Phi) is 5.49. The Morgan fingerprint density at radius 3 is 2.53 bits per heavy atom. The van der Waals surface area contributed by atoms with E-state index in [1.807, 2.05) is 0 Å². The number of hydrogen-bond donors (Lipinski definition) is 2. The van der Waals surface area contributed by atoms with Gasteiger partial charge in [-0.3, -0.25) is 10.2 Å². The Bertz CT molecular complexity index is 348. The molecule has 0 radical (unpaired) electrons. The van der Waals surface area contributed by atoms with Crippen molar-refractivity contribution < 1.29 is 4.79 Å². The van der Waals surface area contributed by atoms with E-state index in [2.05, 4.69) is 48.6 Å². The Morgan fingerprint density at radius 2 is 1.94 bits per heavy atom. The highest BCUT2D eigenvalue weighted by molar-refractivity contribution is 5.75. The van der Waals surface area contributed by atoms with Gasteiger partial charge in [0.15, 0.2) is 0 Å². The number of hydrogen-bond acceptors (Lipinski definition) is 3. The van der Waals surface area contributed by atoms with E-state index in [9.17, 15) is 4.79 Å². The van der Waals surface area contributed by atoms with E-state index in [4.69, 9.17) is 5.84 Å². The molecular weight excluding hydrogens is 214 g/mol. The number of nitrogens with two attached hydrogens (primary N) is 1. The summed E-state index contributed by atoms with van der Waals surface area (Å²) in [6, 6.07) is 8.44. The summed E-state index contributed by atoms with van der Waals surface area (Å²) < 4.78 is 0. The van der Waals surface area contributed by atoms with Gasteiger partial charge in [-0.2, -0.15) is 0 Å². The monoisotopic (exact) mass is 235 g/mol. The number of nitrogens with one attached hydrogen (secondary N) is 1. The Labute approximate surface area is 103 Å². The molecule has 1 rings (SSSR count). The maximum absolute atomic E-state index is 10.9. The highest BCUT2D eigenvalue weighted by atomic mass is 16.2. The molecule has 0 aliphatic carbocycles. The number of nitrogens with zero attached hydrogens (tertiary/aromatic N) is 1. The predicted octanol–water partition coefficient (Wildman–Crippen LogP) is 1.59. The lowest BCUT2D eigenvalue weighted by Gasteiger charge is -2.19. The summed E-state index contributed by atoms with van der Waals surface area (Å²) in [5, 5.41) is 0. The minimum atomic E-state index is -0.0945. The van der Waals surface area contributed by atoms with Gasteiger partial charge in [-0.25, -0.2) is 5.84 Å². The first-order valence-electron chi connectivity index (χ1n) is 5.90. The number of hydrazine groups is 1. The van der Waals surface area contributed by atoms with Crippen LogP contribution in [-0.2, 0) is 4.79 Å². The topological polar surface area (TPSA) is 58.4 Å². The maximum Gasteiger partial charge on any atom is 0.233 e. The van der Waals surface area contributed by atoms with Crippen molar-refractivity contribution in [3.8, 4) is 0 Å². The van der Waals surface area contributed by atoms with Gasteiger partial charge in [-0.1, -0.05) is 17.7 Å². The summed E-state index contributed by atoms with van der Waals surface area (Å²) >= 11 is 0. The van der Waals surface area contributed by atoms with Gasteiger partial charge in [-0.15, -0.1) is 0 Å². The Balaban J connectivity index is 2.27. The van der Waals surface area contributed by atoms with Gasteiger partial charge in [0.05, 0.1) is 0 Å². The molecule has 0 aliphatic heterocycles. The number of unbranched alkanes of at least 4 members (excludes halogenated alkanes) is 1. The molecule has 4 heteroatoms. The van der Waals surface area contributed by atoms with Crippen LogP contribution in [0.3, 0.4) is 0 Å². The number of carbonyl (C=O) groups excluding carboxylic acids is 1. The number of rotatable bonds is 6. The summed E-state index contributed by atoms with van der Waals surface area (Å²) in [4.78, 5) is 13.1. The molecule has 1 aromatic rings. The van der Waals surface area contributed by atoms with Crippen molar-refractivity contribution in [2.75, 3.05) is 18.5 Å². The second kappa shape index (κ2) is 6.91. The van der Waals surface area contributed by atoms with Gasteiger partial charge in [0, 0.05) is 25.7 Å². The molecule has 0 saturated heterocycles. The lowest BCUT2D eigenvalue weighted by molar-refractivity contribution is -0.121. The van der Waals surface area contributed by atoms with Crippen LogP contribution in [-0.4, -0.2) is 19.5 Å².